The lowest BCUT2D eigenvalue weighted by Gasteiger charge is -2.28. The van der Waals surface area contributed by atoms with Crippen LogP contribution in [0.15, 0.2) is 24.3 Å². The van der Waals surface area contributed by atoms with E-state index < -0.39 is 0 Å². The van der Waals surface area contributed by atoms with Crippen molar-refractivity contribution in [3.63, 3.8) is 0 Å². The highest BCUT2D eigenvalue weighted by Crippen LogP contribution is 2.26. The van der Waals surface area contributed by atoms with Crippen LogP contribution in [-0.4, -0.2) is 38.6 Å². The van der Waals surface area contributed by atoms with Crippen LogP contribution in [0, 0.1) is 0 Å². The van der Waals surface area contributed by atoms with Gasteiger partial charge >= 0.3 is 0 Å². The van der Waals surface area contributed by atoms with E-state index in [2.05, 4.69) is 28.8 Å². The average Bonchev–Trinajstić information content (AvgIpc) is 2.93. The average molecular weight is 245 g/mol. The van der Waals surface area contributed by atoms with Gasteiger partial charge in [-0.3, -0.25) is 4.79 Å². The van der Waals surface area contributed by atoms with Crippen molar-refractivity contribution < 1.29 is 4.79 Å². The number of hydrogen-bond donors (Lipinski definition) is 2. The number of nitrogens with zero attached hydrogens (tertiary/aromatic N) is 1. The van der Waals surface area contributed by atoms with Gasteiger partial charge in [-0.15, -0.1) is 0 Å². The number of piperazine rings is 1. The van der Waals surface area contributed by atoms with Crippen LogP contribution in [0.4, 0.5) is 5.69 Å². The van der Waals surface area contributed by atoms with Gasteiger partial charge in [0.25, 0.3) is 0 Å². The molecule has 1 atom stereocenters. The Labute approximate surface area is 107 Å². The lowest BCUT2D eigenvalue weighted by atomic mass is 9.98. The Hall–Kier alpha value is -1.39. The summed E-state index contributed by atoms with van der Waals surface area (Å²) in [7, 11) is 0. The Morgan fingerprint density at radius 1 is 1.22 bits per heavy atom. The highest BCUT2D eigenvalue weighted by Gasteiger charge is 2.21. The second-order valence-electron chi connectivity index (χ2n) is 5.01. The molecule has 0 aromatic heterocycles. The van der Waals surface area contributed by atoms with Crippen molar-refractivity contribution >= 4 is 11.6 Å². The third-order valence-electron chi connectivity index (χ3n) is 3.80. The Kier molecular flexibility index (Phi) is 3.30. The summed E-state index contributed by atoms with van der Waals surface area (Å²) in [4.78, 5) is 13.8. The normalized spacial score (nSPS) is 24.6. The molecule has 0 saturated carbocycles. The summed E-state index contributed by atoms with van der Waals surface area (Å²) in [5.74, 6) is 0.769. The summed E-state index contributed by atoms with van der Waals surface area (Å²) in [5.41, 5.74) is 2.40. The third-order valence-corrected chi connectivity index (χ3v) is 3.80. The molecule has 2 fully saturated rings. The molecule has 2 saturated heterocycles. The summed E-state index contributed by atoms with van der Waals surface area (Å²) < 4.78 is 0. The zero-order chi connectivity index (χ0) is 12.4. The predicted molar refractivity (Wildman–Crippen MR) is 71.9 cm³/mol. The van der Waals surface area contributed by atoms with E-state index in [1.165, 1.54) is 12.0 Å². The first-order chi connectivity index (χ1) is 8.84. The number of anilines is 1. The van der Waals surface area contributed by atoms with Crippen LogP contribution in [0.1, 0.15) is 17.9 Å². The van der Waals surface area contributed by atoms with Gasteiger partial charge in [-0.05, 0) is 36.6 Å². The minimum absolute atomic E-state index is 0.169. The van der Waals surface area contributed by atoms with E-state index in [9.17, 15) is 4.79 Å². The third kappa shape index (κ3) is 2.26. The Morgan fingerprint density at radius 2 is 2.17 bits per heavy atom. The maximum Gasteiger partial charge on any atom is 0.240 e. The number of rotatable bonds is 2. The molecule has 4 heteroatoms. The van der Waals surface area contributed by atoms with Crippen molar-refractivity contribution in [2.45, 2.75) is 12.3 Å². The van der Waals surface area contributed by atoms with Crippen molar-refractivity contribution in [1.29, 1.82) is 0 Å². The van der Waals surface area contributed by atoms with Crippen molar-refractivity contribution in [1.82, 2.24) is 10.6 Å². The summed E-state index contributed by atoms with van der Waals surface area (Å²) in [6, 6.07) is 8.46. The molecule has 1 aromatic rings. The minimum Gasteiger partial charge on any atom is -0.316 e. The Balaban J connectivity index is 1.83. The number of amides is 1. The fourth-order valence-electron chi connectivity index (χ4n) is 2.77. The Morgan fingerprint density at radius 3 is 2.94 bits per heavy atom. The SMILES string of the molecule is O=C1CNCCN1c1cccc(C2CCNC2)c1. The molecule has 2 N–H and O–H groups in total. The van der Waals surface area contributed by atoms with E-state index in [-0.39, 0.29) is 5.91 Å². The maximum absolute atomic E-state index is 11.9. The van der Waals surface area contributed by atoms with Crippen LogP contribution < -0.4 is 15.5 Å². The number of benzene rings is 1. The number of nitrogens with one attached hydrogen (secondary N) is 2. The minimum atomic E-state index is 0.169. The highest BCUT2D eigenvalue weighted by atomic mass is 16.2. The Bertz CT molecular complexity index is 440. The maximum atomic E-state index is 11.9. The van der Waals surface area contributed by atoms with E-state index in [0.717, 1.165) is 31.9 Å². The quantitative estimate of drug-likeness (QED) is 0.806. The molecule has 18 heavy (non-hydrogen) atoms. The second kappa shape index (κ2) is 5.08. The van der Waals surface area contributed by atoms with Gasteiger partial charge in [0.15, 0.2) is 0 Å². The standard InChI is InChI=1S/C14H19N3O/c18-14-10-16-6-7-17(14)13-3-1-2-11(8-13)12-4-5-15-9-12/h1-3,8,12,15-16H,4-7,9-10H2. The lowest BCUT2D eigenvalue weighted by Crippen LogP contribution is -2.48. The summed E-state index contributed by atoms with van der Waals surface area (Å²) in [6.07, 6.45) is 1.19. The van der Waals surface area contributed by atoms with E-state index >= 15 is 0 Å². The van der Waals surface area contributed by atoms with Gasteiger partial charge in [-0.2, -0.15) is 0 Å². The molecule has 0 radical (unpaired) electrons. The molecule has 1 unspecified atom stereocenters. The zero-order valence-corrected chi connectivity index (χ0v) is 10.5. The smallest absolute Gasteiger partial charge is 0.240 e. The molecule has 1 amide bonds. The van der Waals surface area contributed by atoms with Gasteiger partial charge in [0.2, 0.25) is 5.91 Å². The van der Waals surface area contributed by atoms with Crippen LogP contribution in [0.5, 0.6) is 0 Å². The molecule has 0 bridgehead atoms. The van der Waals surface area contributed by atoms with Crippen LogP contribution in [0.2, 0.25) is 0 Å². The first-order valence-electron chi connectivity index (χ1n) is 6.66. The van der Waals surface area contributed by atoms with Crippen LogP contribution in [-0.2, 0) is 4.79 Å². The van der Waals surface area contributed by atoms with Gasteiger partial charge in [0, 0.05) is 25.3 Å². The fourth-order valence-corrected chi connectivity index (χ4v) is 2.77. The molecule has 2 aliphatic heterocycles. The fraction of sp³-hybridized carbons (Fsp3) is 0.500. The second-order valence-corrected chi connectivity index (χ2v) is 5.01. The van der Waals surface area contributed by atoms with Gasteiger partial charge < -0.3 is 15.5 Å². The van der Waals surface area contributed by atoms with E-state index in [1.807, 2.05) is 11.0 Å². The van der Waals surface area contributed by atoms with Crippen molar-refractivity contribution in [2.75, 3.05) is 37.6 Å². The zero-order valence-electron chi connectivity index (χ0n) is 10.5. The van der Waals surface area contributed by atoms with Crippen molar-refractivity contribution in [3.05, 3.63) is 29.8 Å². The van der Waals surface area contributed by atoms with Crippen LogP contribution in [0.3, 0.4) is 0 Å². The molecule has 3 rings (SSSR count). The molecular weight excluding hydrogens is 226 g/mol. The predicted octanol–water partition coefficient (Wildman–Crippen LogP) is 0.700. The van der Waals surface area contributed by atoms with Crippen LogP contribution >= 0.6 is 0 Å². The van der Waals surface area contributed by atoms with Gasteiger partial charge in [-0.25, -0.2) is 0 Å². The molecule has 0 spiro atoms. The summed E-state index contributed by atoms with van der Waals surface area (Å²) >= 11 is 0. The van der Waals surface area contributed by atoms with Crippen molar-refractivity contribution in [2.24, 2.45) is 0 Å². The first-order valence-corrected chi connectivity index (χ1v) is 6.66. The van der Waals surface area contributed by atoms with Crippen molar-refractivity contribution in [3.8, 4) is 0 Å². The highest BCUT2D eigenvalue weighted by molar-refractivity contribution is 5.95. The lowest BCUT2D eigenvalue weighted by molar-refractivity contribution is -0.118. The van der Waals surface area contributed by atoms with Gasteiger partial charge in [0.1, 0.15) is 0 Å². The summed E-state index contributed by atoms with van der Waals surface area (Å²) in [6.45, 7) is 4.25. The largest absolute Gasteiger partial charge is 0.316 e. The number of hydrogen-bond acceptors (Lipinski definition) is 3. The van der Waals surface area contributed by atoms with Gasteiger partial charge in [-0.1, -0.05) is 12.1 Å². The molecule has 2 heterocycles. The number of carbonyl (C=O) groups is 1. The molecule has 1 aromatic carbocycles. The molecule has 0 aliphatic carbocycles. The number of carbonyl (C=O) groups excluding carboxylic acids is 1. The summed E-state index contributed by atoms with van der Waals surface area (Å²) in [5, 5.41) is 6.49. The molecule has 4 nitrogen and oxygen atoms in total. The van der Waals surface area contributed by atoms with Crippen LogP contribution in [0.25, 0.3) is 0 Å². The van der Waals surface area contributed by atoms with E-state index in [4.69, 9.17) is 0 Å². The monoisotopic (exact) mass is 245 g/mol. The molecular formula is C14H19N3O. The van der Waals surface area contributed by atoms with Gasteiger partial charge in [0.05, 0.1) is 6.54 Å². The van der Waals surface area contributed by atoms with E-state index in [0.29, 0.717) is 12.5 Å². The molecule has 2 aliphatic rings. The first kappa shape index (κ1) is 11.7. The topological polar surface area (TPSA) is 44.4 Å². The van der Waals surface area contributed by atoms with E-state index in [1.54, 1.807) is 0 Å². The molecule has 96 valence electrons.